The maximum atomic E-state index is 13.1. The van der Waals surface area contributed by atoms with Gasteiger partial charge in [-0.2, -0.15) is 0 Å². The Bertz CT molecular complexity index is 806. The van der Waals surface area contributed by atoms with E-state index in [1.807, 2.05) is 28.9 Å². The van der Waals surface area contributed by atoms with Crippen molar-refractivity contribution in [2.45, 2.75) is 52.5 Å². The number of aryl methyl sites for hydroxylation is 1. The molecule has 0 aliphatic carbocycles. The van der Waals surface area contributed by atoms with E-state index in [0.29, 0.717) is 38.5 Å². The van der Waals surface area contributed by atoms with Gasteiger partial charge in [0.15, 0.2) is 0 Å². The molecule has 0 saturated carbocycles. The fourth-order valence-corrected chi connectivity index (χ4v) is 5.10. The first-order chi connectivity index (χ1) is 14.9. The Hall–Kier alpha value is -2.37. The van der Waals surface area contributed by atoms with Crippen LogP contribution in [0.5, 0.6) is 0 Å². The van der Waals surface area contributed by atoms with Gasteiger partial charge in [0.1, 0.15) is 0 Å². The highest BCUT2D eigenvalue weighted by atomic mass is 16.2. The van der Waals surface area contributed by atoms with E-state index in [9.17, 15) is 14.4 Å². The zero-order valence-electron chi connectivity index (χ0n) is 18.9. The lowest BCUT2D eigenvalue weighted by atomic mass is 9.92. The summed E-state index contributed by atoms with van der Waals surface area (Å²) in [6.45, 7) is 8.36. The maximum absolute atomic E-state index is 13.1. The van der Waals surface area contributed by atoms with Crippen LogP contribution in [0.25, 0.3) is 0 Å². The Morgan fingerprint density at radius 1 is 0.871 bits per heavy atom. The second-order valence-electron chi connectivity index (χ2n) is 9.77. The largest absolute Gasteiger partial charge is 0.342 e. The van der Waals surface area contributed by atoms with Crippen molar-refractivity contribution in [1.29, 1.82) is 0 Å². The van der Waals surface area contributed by atoms with Gasteiger partial charge in [-0.05, 0) is 44.1 Å². The number of carbonyl (C=O) groups excluding carboxylic acids is 3. The predicted molar refractivity (Wildman–Crippen MR) is 119 cm³/mol. The van der Waals surface area contributed by atoms with Crippen LogP contribution in [0.2, 0.25) is 0 Å². The van der Waals surface area contributed by atoms with Crippen LogP contribution in [0.3, 0.4) is 0 Å². The first-order valence-electron chi connectivity index (χ1n) is 11.8. The smallest absolute Gasteiger partial charge is 0.227 e. The van der Waals surface area contributed by atoms with Crippen LogP contribution in [0.1, 0.15) is 50.2 Å². The molecule has 168 valence electrons. The van der Waals surface area contributed by atoms with Crippen molar-refractivity contribution in [3.05, 3.63) is 35.4 Å². The quantitative estimate of drug-likeness (QED) is 0.745. The summed E-state index contributed by atoms with van der Waals surface area (Å²) >= 11 is 0. The summed E-state index contributed by atoms with van der Waals surface area (Å²) in [7, 11) is 0. The molecule has 3 saturated heterocycles. The lowest BCUT2D eigenvalue weighted by molar-refractivity contribution is -0.143. The fourth-order valence-electron chi connectivity index (χ4n) is 5.10. The van der Waals surface area contributed by atoms with E-state index < -0.39 is 0 Å². The number of piperidine rings is 2. The summed E-state index contributed by atoms with van der Waals surface area (Å²) < 4.78 is 0. The molecule has 31 heavy (non-hydrogen) atoms. The molecule has 1 aromatic carbocycles. The second kappa shape index (κ2) is 9.41. The van der Waals surface area contributed by atoms with E-state index in [1.54, 1.807) is 4.90 Å². The average molecular weight is 426 g/mol. The third-order valence-corrected chi connectivity index (χ3v) is 7.31. The molecule has 4 rings (SSSR count). The van der Waals surface area contributed by atoms with Crippen molar-refractivity contribution >= 4 is 17.7 Å². The predicted octanol–water partition coefficient (Wildman–Crippen LogP) is 2.84. The van der Waals surface area contributed by atoms with E-state index in [-0.39, 0.29) is 29.6 Å². The minimum absolute atomic E-state index is 0.0423. The molecular weight excluding hydrogens is 390 g/mol. The van der Waals surface area contributed by atoms with Gasteiger partial charge in [-0.15, -0.1) is 0 Å². The molecular formula is C25H35N3O3. The fraction of sp³-hybridized carbons (Fsp3) is 0.640. The normalized spacial score (nSPS) is 23.5. The SMILES string of the molecule is Cc1ccc(CN2CC(C(=O)N3CCC(C(=O)N4CCC(C)CC4)CC3)CC2=O)cc1. The molecule has 0 radical (unpaired) electrons. The monoisotopic (exact) mass is 425 g/mol. The summed E-state index contributed by atoms with van der Waals surface area (Å²) in [6, 6.07) is 8.19. The van der Waals surface area contributed by atoms with Crippen LogP contribution in [0.15, 0.2) is 24.3 Å². The van der Waals surface area contributed by atoms with E-state index >= 15 is 0 Å². The number of nitrogens with zero attached hydrogens (tertiary/aromatic N) is 3. The molecule has 3 amide bonds. The molecule has 6 heteroatoms. The van der Waals surface area contributed by atoms with Gasteiger partial charge in [-0.3, -0.25) is 14.4 Å². The summed E-state index contributed by atoms with van der Waals surface area (Å²) in [5.41, 5.74) is 2.29. The van der Waals surface area contributed by atoms with Gasteiger partial charge >= 0.3 is 0 Å². The van der Waals surface area contributed by atoms with Crippen LogP contribution in [-0.2, 0) is 20.9 Å². The molecule has 6 nitrogen and oxygen atoms in total. The van der Waals surface area contributed by atoms with Crippen molar-refractivity contribution in [2.75, 3.05) is 32.7 Å². The highest BCUT2D eigenvalue weighted by molar-refractivity contribution is 5.89. The number of amides is 3. The van der Waals surface area contributed by atoms with Gasteiger partial charge in [0.05, 0.1) is 5.92 Å². The van der Waals surface area contributed by atoms with E-state index in [1.165, 1.54) is 5.56 Å². The number of hydrogen-bond donors (Lipinski definition) is 0. The molecule has 1 aromatic rings. The Labute approximate surface area is 185 Å². The summed E-state index contributed by atoms with van der Waals surface area (Å²) in [6.07, 6.45) is 3.97. The molecule has 0 bridgehead atoms. The van der Waals surface area contributed by atoms with E-state index in [4.69, 9.17) is 0 Å². The number of hydrogen-bond acceptors (Lipinski definition) is 3. The van der Waals surface area contributed by atoms with Crippen molar-refractivity contribution in [1.82, 2.24) is 14.7 Å². The third kappa shape index (κ3) is 5.10. The van der Waals surface area contributed by atoms with Crippen LogP contribution in [0.4, 0.5) is 0 Å². The molecule has 0 spiro atoms. The number of carbonyl (C=O) groups is 3. The van der Waals surface area contributed by atoms with Gasteiger partial charge < -0.3 is 14.7 Å². The maximum Gasteiger partial charge on any atom is 0.227 e. The molecule has 3 aliphatic rings. The molecule has 1 atom stereocenters. The minimum atomic E-state index is -0.256. The van der Waals surface area contributed by atoms with Crippen LogP contribution in [-0.4, -0.2) is 65.1 Å². The Kier molecular flexibility index (Phi) is 6.63. The van der Waals surface area contributed by atoms with Crippen molar-refractivity contribution in [2.24, 2.45) is 17.8 Å². The summed E-state index contributed by atoms with van der Waals surface area (Å²) in [5, 5.41) is 0. The van der Waals surface area contributed by atoms with Crippen LogP contribution in [0, 0.1) is 24.7 Å². The first-order valence-corrected chi connectivity index (χ1v) is 11.8. The van der Waals surface area contributed by atoms with Gasteiger partial charge in [0.25, 0.3) is 0 Å². The zero-order chi connectivity index (χ0) is 22.0. The Morgan fingerprint density at radius 2 is 1.42 bits per heavy atom. The van der Waals surface area contributed by atoms with Crippen molar-refractivity contribution in [3.63, 3.8) is 0 Å². The van der Waals surface area contributed by atoms with Crippen LogP contribution < -0.4 is 0 Å². The van der Waals surface area contributed by atoms with E-state index in [0.717, 1.165) is 44.3 Å². The van der Waals surface area contributed by atoms with E-state index in [2.05, 4.69) is 19.1 Å². The standard InChI is InChI=1S/C25H35N3O3/c1-18-3-5-20(6-4-18)16-28-17-22(15-23(28)29)25(31)27-13-9-21(10-14-27)24(30)26-11-7-19(2)8-12-26/h3-6,19,21-22H,7-17H2,1-2H3. The number of likely N-dealkylation sites (tertiary alicyclic amines) is 3. The molecule has 3 aliphatic heterocycles. The topological polar surface area (TPSA) is 60.9 Å². The zero-order valence-corrected chi connectivity index (χ0v) is 18.9. The molecule has 1 unspecified atom stereocenters. The van der Waals surface area contributed by atoms with Gasteiger partial charge in [-0.1, -0.05) is 36.8 Å². The number of rotatable bonds is 4. The van der Waals surface area contributed by atoms with Crippen molar-refractivity contribution < 1.29 is 14.4 Å². The molecule has 0 aromatic heterocycles. The average Bonchev–Trinajstić information content (AvgIpc) is 3.15. The third-order valence-electron chi connectivity index (χ3n) is 7.31. The van der Waals surface area contributed by atoms with Gasteiger partial charge in [0.2, 0.25) is 17.7 Å². The molecule has 3 heterocycles. The first kappa shape index (κ1) is 21.8. The highest BCUT2D eigenvalue weighted by Gasteiger charge is 2.38. The van der Waals surface area contributed by atoms with Gasteiger partial charge in [-0.25, -0.2) is 0 Å². The second-order valence-corrected chi connectivity index (χ2v) is 9.77. The Balaban J connectivity index is 1.26. The molecule has 3 fully saturated rings. The molecule has 0 N–H and O–H groups in total. The minimum Gasteiger partial charge on any atom is -0.342 e. The van der Waals surface area contributed by atoms with Crippen molar-refractivity contribution in [3.8, 4) is 0 Å². The lowest BCUT2D eigenvalue weighted by Crippen LogP contribution is -2.47. The Morgan fingerprint density at radius 3 is 2.03 bits per heavy atom. The lowest BCUT2D eigenvalue weighted by Gasteiger charge is -2.37. The van der Waals surface area contributed by atoms with Gasteiger partial charge in [0, 0.05) is 51.6 Å². The summed E-state index contributed by atoms with van der Waals surface area (Å²) in [4.78, 5) is 44.1. The van der Waals surface area contributed by atoms with Crippen LogP contribution >= 0.6 is 0 Å². The highest BCUT2D eigenvalue weighted by Crippen LogP contribution is 2.27. The number of benzene rings is 1. The summed E-state index contributed by atoms with van der Waals surface area (Å²) in [5.74, 6) is 0.915.